The summed E-state index contributed by atoms with van der Waals surface area (Å²) in [4.78, 5) is 18.8. The third-order valence-electron chi connectivity index (χ3n) is 4.63. The minimum Gasteiger partial charge on any atom is -0.486 e. The van der Waals surface area contributed by atoms with Crippen LogP contribution in [0.1, 0.15) is 17.3 Å². The van der Waals surface area contributed by atoms with E-state index < -0.39 is 6.04 Å². The molecule has 29 heavy (non-hydrogen) atoms. The van der Waals surface area contributed by atoms with Gasteiger partial charge in [0.1, 0.15) is 25.1 Å². The Labute approximate surface area is 167 Å². The van der Waals surface area contributed by atoms with Gasteiger partial charge in [0.25, 0.3) is 0 Å². The first-order chi connectivity index (χ1) is 14.1. The standard InChI is InChI=1S/C22H20FN3O3/c1-26(22(27)25-17-8-9-19-20(14-17)29-12-11-28-19)21(18-7-2-3-10-24-18)15-5-4-6-16(23)13-15/h2-10,13-14,21H,11-12H2,1H3,(H,25,27)/t21-/m1/s1. The lowest BCUT2D eigenvalue weighted by Gasteiger charge is -2.28. The fourth-order valence-electron chi connectivity index (χ4n) is 3.26. The van der Waals surface area contributed by atoms with Gasteiger partial charge in [0.05, 0.1) is 5.69 Å². The van der Waals surface area contributed by atoms with Crippen molar-refractivity contribution in [2.45, 2.75) is 6.04 Å². The molecular weight excluding hydrogens is 373 g/mol. The van der Waals surface area contributed by atoms with Crippen molar-refractivity contribution in [3.05, 3.63) is 83.9 Å². The predicted molar refractivity (Wildman–Crippen MR) is 107 cm³/mol. The number of nitrogens with zero attached hydrogens (tertiary/aromatic N) is 2. The quantitative estimate of drug-likeness (QED) is 0.720. The Morgan fingerprint density at radius 1 is 1.07 bits per heavy atom. The van der Waals surface area contributed by atoms with Gasteiger partial charge >= 0.3 is 6.03 Å². The molecule has 0 fully saturated rings. The summed E-state index contributed by atoms with van der Waals surface area (Å²) in [5, 5.41) is 2.86. The number of amides is 2. The first-order valence-corrected chi connectivity index (χ1v) is 9.21. The summed E-state index contributed by atoms with van der Waals surface area (Å²) in [7, 11) is 1.65. The van der Waals surface area contributed by atoms with Gasteiger partial charge < -0.3 is 19.7 Å². The highest BCUT2D eigenvalue weighted by molar-refractivity contribution is 5.90. The van der Waals surface area contributed by atoms with Crippen LogP contribution in [0.4, 0.5) is 14.9 Å². The number of ether oxygens (including phenoxy) is 2. The first kappa shape index (κ1) is 18.7. The van der Waals surface area contributed by atoms with E-state index in [1.165, 1.54) is 17.0 Å². The topological polar surface area (TPSA) is 63.7 Å². The summed E-state index contributed by atoms with van der Waals surface area (Å²) in [5.41, 5.74) is 1.84. The second kappa shape index (κ2) is 8.18. The summed E-state index contributed by atoms with van der Waals surface area (Å²) in [6.07, 6.45) is 1.65. The molecule has 1 N–H and O–H groups in total. The molecule has 0 radical (unpaired) electrons. The summed E-state index contributed by atoms with van der Waals surface area (Å²) >= 11 is 0. The smallest absolute Gasteiger partial charge is 0.322 e. The largest absolute Gasteiger partial charge is 0.486 e. The van der Waals surface area contributed by atoms with Crippen molar-refractivity contribution in [3.8, 4) is 11.5 Å². The van der Waals surface area contributed by atoms with Crippen molar-refractivity contribution in [3.63, 3.8) is 0 Å². The Morgan fingerprint density at radius 3 is 2.66 bits per heavy atom. The fourth-order valence-corrected chi connectivity index (χ4v) is 3.26. The van der Waals surface area contributed by atoms with E-state index >= 15 is 0 Å². The molecular formula is C22H20FN3O3. The minimum absolute atomic E-state index is 0.360. The zero-order valence-corrected chi connectivity index (χ0v) is 15.8. The molecule has 0 unspecified atom stereocenters. The predicted octanol–water partition coefficient (Wildman–Crippen LogP) is 4.25. The van der Waals surface area contributed by atoms with E-state index in [1.54, 1.807) is 49.6 Å². The second-order valence-corrected chi connectivity index (χ2v) is 6.61. The van der Waals surface area contributed by atoms with Crippen LogP contribution in [0.2, 0.25) is 0 Å². The van der Waals surface area contributed by atoms with E-state index in [0.29, 0.717) is 41.7 Å². The van der Waals surface area contributed by atoms with Gasteiger partial charge in [-0.25, -0.2) is 9.18 Å². The Bertz CT molecular complexity index is 1010. The van der Waals surface area contributed by atoms with Gasteiger partial charge in [0.15, 0.2) is 11.5 Å². The summed E-state index contributed by atoms with van der Waals surface area (Å²) in [5.74, 6) is 0.862. The van der Waals surface area contributed by atoms with Crippen LogP contribution in [0.25, 0.3) is 0 Å². The summed E-state index contributed by atoms with van der Waals surface area (Å²) in [6.45, 7) is 0.965. The van der Waals surface area contributed by atoms with Gasteiger partial charge in [-0.3, -0.25) is 4.98 Å². The maximum Gasteiger partial charge on any atom is 0.322 e. The third-order valence-corrected chi connectivity index (χ3v) is 4.63. The van der Waals surface area contributed by atoms with Crippen LogP contribution in [0, 0.1) is 5.82 Å². The molecule has 7 heteroatoms. The number of aromatic nitrogens is 1. The molecule has 2 aromatic carbocycles. The monoisotopic (exact) mass is 393 g/mol. The Hall–Kier alpha value is -3.61. The van der Waals surface area contributed by atoms with E-state index in [1.807, 2.05) is 12.1 Å². The molecule has 1 atom stereocenters. The molecule has 3 aromatic rings. The highest BCUT2D eigenvalue weighted by Gasteiger charge is 2.25. The number of hydrogen-bond donors (Lipinski definition) is 1. The van der Waals surface area contributed by atoms with Crippen molar-refractivity contribution in [2.75, 3.05) is 25.6 Å². The SMILES string of the molecule is CN(C(=O)Nc1ccc2c(c1)OCCO2)[C@H](c1cccc(F)c1)c1ccccn1. The van der Waals surface area contributed by atoms with Crippen LogP contribution in [0.15, 0.2) is 66.9 Å². The summed E-state index contributed by atoms with van der Waals surface area (Å²) < 4.78 is 24.9. The van der Waals surface area contributed by atoms with Crippen molar-refractivity contribution in [1.82, 2.24) is 9.88 Å². The lowest BCUT2D eigenvalue weighted by Crippen LogP contribution is -2.36. The van der Waals surface area contributed by atoms with Gasteiger partial charge in [-0.15, -0.1) is 0 Å². The molecule has 0 spiro atoms. The number of anilines is 1. The average Bonchev–Trinajstić information content (AvgIpc) is 2.74. The maximum absolute atomic E-state index is 13.8. The van der Waals surface area contributed by atoms with Gasteiger partial charge in [0, 0.05) is 25.0 Å². The Kier molecular flexibility index (Phi) is 5.29. The number of urea groups is 1. The van der Waals surface area contributed by atoms with E-state index in [4.69, 9.17) is 9.47 Å². The molecule has 0 saturated carbocycles. The number of carbonyl (C=O) groups excluding carboxylic acids is 1. The zero-order chi connectivity index (χ0) is 20.2. The van der Waals surface area contributed by atoms with E-state index in [-0.39, 0.29) is 11.8 Å². The minimum atomic E-state index is -0.552. The van der Waals surface area contributed by atoms with Gasteiger partial charge in [-0.1, -0.05) is 18.2 Å². The molecule has 1 aromatic heterocycles. The fraction of sp³-hybridized carbons (Fsp3) is 0.182. The molecule has 6 nitrogen and oxygen atoms in total. The number of halogens is 1. The zero-order valence-electron chi connectivity index (χ0n) is 15.8. The third kappa shape index (κ3) is 4.13. The molecule has 2 amide bonds. The number of nitrogens with one attached hydrogen (secondary N) is 1. The van der Waals surface area contributed by atoms with Crippen LogP contribution in [-0.4, -0.2) is 36.2 Å². The Balaban J connectivity index is 1.60. The average molecular weight is 393 g/mol. The van der Waals surface area contributed by atoms with Crippen LogP contribution in [-0.2, 0) is 0 Å². The van der Waals surface area contributed by atoms with Crippen LogP contribution in [0.3, 0.4) is 0 Å². The number of pyridine rings is 1. The normalized spacial score (nSPS) is 13.4. The highest BCUT2D eigenvalue weighted by atomic mass is 19.1. The Morgan fingerprint density at radius 2 is 1.90 bits per heavy atom. The molecule has 0 saturated heterocycles. The van der Waals surface area contributed by atoms with Crippen molar-refractivity contribution in [1.29, 1.82) is 0 Å². The maximum atomic E-state index is 13.8. The number of benzene rings is 2. The van der Waals surface area contributed by atoms with Crippen molar-refractivity contribution >= 4 is 11.7 Å². The van der Waals surface area contributed by atoms with Crippen LogP contribution >= 0.6 is 0 Å². The molecule has 1 aliphatic heterocycles. The first-order valence-electron chi connectivity index (χ1n) is 9.21. The molecule has 0 aliphatic carbocycles. The van der Waals surface area contributed by atoms with E-state index in [9.17, 15) is 9.18 Å². The molecule has 1 aliphatic rings. The van der Waals surface area contributed by atoms with Gasteiger partial charge in [-0.05, 0) is 42.0 Å². The van der Waals surface area contributed by atoms with Crippen LogP contribution in [0.5, 0.6) is 11.5 Å². The molecule has 4 rings (SSSR count). The lowest BCUT2D eigenvalue weighted by molar-refractivity contribution is 0.171. The highest BCUT2D eigenvalue weighted by Crippen LogP contribution is 2.33. The van der Waals surface area contributed by atoms with Gasteiger partial charge in [0.2, 0.25) is 0 Å². The number of hydrogen-bond acceptors (Lipinski definition) is 4. The van der Waals surface area contributed by atoms with Gasteiger partial charge in [-0.2, -0.15) is 0 Å². The number of fused-ring (bicyclic) bond motifs is 1. The van der Waals surface area contributed by atoms with Crippen molar-refractivity contribution < 1.29 is 18.7 Å². The van der Waals surface area contributed by atoms with Crippen LogP contribution < -0.4 is 14.8 Å². The lowest BCUT2D eigenvalue weighted by atomic mass is 10.0. The number of rotatable bonds is 4. The second-order valence-electron chi connectivity index (χ2n) is 6.61. The van der Waals surface area contributed by atoms with E-state index in [0.717, 1.165) is 0 Å². The van der Waals surface area contributed by atoms with E-state index in [2.05, 4.69) is 10.3 Å². The molecule has 0 bridgehead atoms. The molecule has 148 valence electrons. The number of carbonyl (C=O) groups is 1. The van der Waals surface area contributed by atoms with Crippen molar-refractivity contribution in [2.24, 2.45) is 0 Å². The summed E-state index contributed by atoms with van der Waals surface area (Å²) in [6, 6.07) is 15.9. The molecule has 2 heterocycles.